The first-order valence-electron chi connectivity index (χ1n) is 4.81. The van der Waals surface area contributed by atoms with Crippen molar-refractivity contribution < 1.29 is 9.18 Å². The van der Waals surface area contributed by atoms with E-state index in [9.17, 15) is 9.18 Å². The summed E-state index contributed by atoms with van der Waals surface area (Å²) in [6, 6.07) is 5.95. The summed E-state index contributed by atoms with van der Waals surface area (Å²) in [5.74, 6) is -0.794. The van der Waals surface area contributed by atoms with Gasteiger partial charge in [-0.3, -0.25) is 4.79 Å². The molecule has 0 aromatic heterocycles. The van der Waals surface area contributed by atoms with Crippen LogP contribution in [0.3, 0.4) is 0 Å². The molecular weight excluding hydrogens is 195 g/mol. The van der Waals surface area contributed by atoms with Crippen molar-refractivity contribution in [1.82, 2.24) is 0 Å². The van der Waals surface area contributed by atoms with E-state index in [-0.39, 0.29) is 5.82 Å². The SMILES string of the molecule is CCC(C)(Nc1cccc(F)c1)C(N)=O. The largest absolute Gasteiger partial charge is 0.371 e. The number of benzene rings is 1. The third kappa shape index (κ3) is 2.68. The molecule has 0 heterocycles. The predicted octanol–water partition coefficient (Wildman–Crippen LogP) is 1.89. The lowest BCUT2D eigenvalue weighted by Crippen LogP contribution is -2.47. The van der Waals surface area contributed by atoms with Gasteiger partial charge >= 0.3 is 0 Å². The number of nitrogens with one attached hydrogen (secondary N) is 1. The lowest BCUT2D eigenvalue weighted by molar-refractivity contribution is -0.121. The highest BCUT2D eigenvalue weighted by molar-refractivity contribution is 5.87. The van der Waals surface area contributed by atoms with Gasteiger partial charge in [-0.05, 0) is 31.5 Å². The molecule has 0 radical (unpaired) electrons. The fourth-order valence-corrected chi connectivity index (χ4v) is 1.21. The Balaban J connectivity index is 2.89. The van der Waals surface area contributed by atoms with Crippen molar-refractivity contribution in [3.63, 3.8) is 0 Å². The maximum absolute atomic E-state index is 12.9. The zero-order chi connectivity index (χ0) is 11.5. The van der Waals surface area contributed by atoms with Crippen LogP contribution in [-0.4, -0.2) is 11.4 Å². The number of primary amides is 1. The molecule has 0 saturated heterocycles. The van der Waals surface area contributed by atoms with Crippen LogP contribution in [0.5, 0.6) is 0 Å². The Kier molecular flexibility index (Phi) is 3.29. The normalized spacial score (nSPS) is 14.3. The van der Waals surface area contributed by atoms with E-state index in [1.165, 1.54) is 12.1 Å². The van der Waals surface area contributed by atoms with Gasteiger partial charge in [-0.15, -0.1) is 0 Å². The third-order valence-electron chi connectivity index (χ3n) is 2.50. The second-order valence-corrected chi connectivity index (χ2v) is 3.69. The van der Waals surface area contributed by atoms with Gasteiger partial charge in [0.05, 0.1) is 0 Å². The number of hydrogen-bond donors (Lipinski definition) is 2. The number of halogens is 1. The number of amides is 1. The summed E-state index contributed by atoms with van der Waals surface area (Å²) in [6.07, 6.45) is 0.541. The predicted molar refractivity (Wildman–Crippen MR) is 57.9 cm³/mol. The first-order chi connectivity index (χ1) is 6.98. The maximum atomic E-state index is 12.9. The van der Waals surface area contributed by atoms with Crippen LogP contribution in [0.4, 0.5) is 10.1 Å². The summed E-state index contributed by atoms with van der Waals surface area (Å²) in [5, 5.41) is 2.93. The summed E-state index contributed by atoms with van der Waals surface area (Å²) in [5.41, 5.74) is 4.99. The number of rotatable bonds is 4. The minimum Gasteiger partial charge on any atom is -0.371 e. The van der Waals surface area contributed by atoms with Crippen molar-refractivity contribution >= 4 is 11.6 Å². The van der Waals surface area contributed by atoms with E-state index in [2.05, 4.69) is 5.32 Å². The van der Waals surface area contributed by atoms with Gasteiger partial charge in [-0.1, -0.05) is 13.0 Å². The van der Waals surface area contributed by atoms with E-state index in [1.807, 2.05) is 6.92 Å². The van der Waals surface area contributed by atoms with Gasteiger partial charge in [0.2, 0.25) is 5.91 Å². The Labute approximate surface area is 88.5 Å². The molecule has 1 aromatic rings. The van der Waals surface area contributed by atoms with Gasteiger partial charge in [-0.2, -0.15) is 0 Å². The Bertz CT molecular complexity index is 367. The van der Waals surface area contributed by atoms with Gasteiger partial charge in [0.15, 0.2) is 0 Å². The number of carbonyl (C=O) groups excluding carboxylic acids is 1. The summed E-state index contributed by atoms with van der Waals surface area (Å²) in [7, 11) is 0. The fourth-order valence-electron chi connectivity index (χ4n) is 1.21. The summed E-state index contributed by atoms with van der Waals surface area (Å²) in [6.45, 7) is 3.54. The van der Waals surface area contributed by atoms with Crippen LogP contribution < -0.4 is 11.1 Å². The van der Waals surface area contributed by atoms with Crippen LogP contribution >= 0.6 is 0 Å². The lowest BCUT2D eigenvalue weighted by atomic mass is 9.97. The van der Waals surface area contributed by atoms with Gasteiger partial charge in [-0.25, -0.2) is 4.39 Å². The molecule has 3 N–H and O–H groups in total. The summed E-state index contributed by atoms with van der Waals surface area (Å²) < 4.78 is 12.9. The monoisotopic (exact) mass is 210 g/mol. The van der Waals surface area contributed by atoms with Crippen molar-refractivity contribution in [2.24, 2.45) is 5.73 Å². The number of carbonyl (C=O) groups is 1. The molecule has 0 aliphatic rings. The van der Waals surface area contributed by atoms with Crippen LogP contribution in [-0.2, 0) is 4.79 Å². The average Bonchev–Trinajstić information content (AvgIpc) is 2.17. The lowest BCUT2D eigenvalue weighted by Gasteiger charge is -2.27. The zero-order valence-corrected chi connectivity index (χ0v) is 8.88. The fraction of sp³-hybridized carbons (Fsp3) is 0.364. The Morgan fingerprint density at radius 1 is 1.60 bits per heavy atom. The molecule has 4 heteroatoms. The molecule has 0 saturated carbocycles. The highest BCUT2D eigenvalue weighted by atomic mass is 19.1. The first-order valence-corrected chi connectivity index (χ1v) is 4.81. The second-order valence-electron chi connectivity index (χ2n) is 3.69. The smallest absolute Gasteiger partial charge is 0.242 e. The molecular formula is C11H15FN2O. The molecule has 1 amide bonds. The standard InChI is InChI=1S/C11H15FN2O/c1-3-11(2,10(13)15)14-9-6-4-5-8(12)7-9/h4-7,14H,3H2,1-2H3,(H2,13,15). The van der Waals surface area contributed by atoms with Crippen LogP contribution in [0.1, 0.15) is 20.3 Å². The van der Waals surface area contributed by atoms with Crippen LogP contribution in [0.2, 0.25) is 0 Å². The average molecular weight is 210 g/mol. The molecule has 0 spiro atoms. The Morgan fingerprint density at radius 2 is 2.27 bits per heavy atom. The van der Waals surface area contributed by atoms with Crippen molar-refractivity contribution in [2.75, 3.05) is 5.32 Å². The van der Waals surface area contributed by atoms with E-state index in [4.69, 9.17) is 5.73 Å². The van der Waals surface area contributed by atoms with Crippen molar-refractivity contribution in [2.45, 2.75) is 25.8 Å². The molecule has 0 bridgehead atoms. The summed E-state index contributed by atoms with van der Waals surface area (Å²) >= 11 is 0. The van der Waals surface area contributed by atoms with Gasteiger partial charge < -0.3 is 11.1 Å². The second kappa shape index (κ2) is 4.29. The Morgan fingerprint density at radius 3 is 2.73 bits per heavy atom. The quantitative estimate of drug-likeness (QED) is 0.797. The number of nitrogens with two attached hydrogens (primary N) is 1. The third-order valence-corrected chi connectivity index (χ3v) is 2.50. The van der Waals surface area contributed by atoms with E-state index < -0.39 is 11.4 Å². The van der Waals surface area contributed by atoms with E-state index >= 15 is 0 Å². The van der Waals surface area contributed by atoms with Crippen LogP contribution in [0.15, 0.2) is 24.3 Å². The zero-order valence-electron chi connectivity index (χ0n) is 8.88. The topological polar surface area (TPSA) is 55.1 Å². The maximum Gasteiger partial charge on any atom is 0.242 e. The first kappa shape index (κ1) is 11.5. The minimum atomic E-state index is -0.839. The molecule has 0 aliphatic heterocycles. The molecule has 1 unspecified atom stereocenters. The van der Waals surface area contributed by atoms with E-state index in [0.717, 1.165) is 0 Å². The molecule has 82 valence electrons. The molecule has 1 aromatic carbocycles. The highest BCUT2D eigenvalue weighted by Gasteiger charge is 2.28. The summed E-state index contributed by atoms with van der Waals surface area (Å²) in [4.78, 5) is 11.2. The minimum absolute atomic E-state index is 0.345. The van der Waals surface area contributed by atoms with Crippen molar-refractivity contribution in [1.29, 1.82) is 0 Å². The molecule has 0 fully saturated rings. The van der Waals surface area contributed by atoms with E-state index in [1.54, 1.807) is 19.1 Å². The molecule has 1 rings (SSSR count). The van der Waals surface area contributed by atoms with Gasteiger partial charge in [0.25, 0.3) is 0 Å². The van der Waals surface area contributed by atoms with Crippen molar-refractivity contribution in [3.05, 3.63) is 30.1 Å². The van der Waals surface area contributed by atoms with Crippen LogP contribution in [0, 0.1) is 5.82 Å². The molecule has 0 aliphatic carbocycles. The number of hydrogen-bond acceptors (Lipinski definition) is 2. The van der Waals surface area contributed by atoms with E-state index in [0.29, 0.717) is 12.1 Å². The van der Waals surface area contributed by atoms with Gasteiger partial charge in [0, 0.05) is 5.69 Å². The molecule has 1 atom stereocenters. The van der Waals surface area contributed by atoms with Crippen LogP contribution in [0.25, 0.3) is 0 Å². The molecule has 3 nitrogen and oxygen atoms in total. The highest BCUT2D eigenvalue weighted by Crippen LogP contribution is 2.18. The Hall–Kier alpha value is -1.58. The van der Waals surface area contributed by atoms with Gasteiger partial charge in [0.1, 0.15) is 11.4 Å². The molecule has 15 heavy (non-hydrogen) atoms. The van der Waals surface area contributed by atoms with Crippen molar-refractivity contribution in [3.8, 4) is 0 Å². The number of anilines is 1.